The van der Waals surface area contributed by atoms with Crippen LogP contribution >= 0.6 is 0 Å². The largest absolute Gasteiger partial charge is 0.496 e. The Kier molecular flexibility index (Phi) is 8.89. The number of methoxy groups -OCH3 is 2. The molecule has 3 aromatic rings. The molecule has 1 aromatic heterocycles. The Bertz CT molecular complexity index is 1020. The molecule has 33 heavy (non-hydrogen) atoms. The highest BCUT2D eigenvalue weighted by Crippen LogP contribution is 2.33. The third-order valence-corrected chi connectivity index (χ3v) is 5.62. The number of hydrogen-bond donors (Lipinski definition) is 0. The van der Waals surface area contributed by atoms with Crippen molar-refractivity contribution in [3.63, 3.8) is 0 Å². The van der Waals surface area contributed by atoms with E-state index in [0.29, 0.717) is 43.3 Å². The van der Waals surface area contributed by atoms with Gasteiger partial charge in [-0.3, -0.25) is 4.79 Å². The molecule has 3 rings (SSSR count). The van der Waals surface area contributed by atoms with Crippen LogP contribution in [0.25, 0.3) is 11.3 Å². The second-order valence-electron chi connectivity index (χ2n) is 7.63. The minimum absolute atomic E-state index is 0.103. The number of benzene rings is 2. The van der Waals surface area contributed by atoms with E-state index in [-0.39, 0.29) is 5.91 Å². The lowest BCUT2D eigenvalue weighted by molar-refractivity contribution is 0.0720. The number of aromatic nitrogens is 1. The Labute approximate surface area is 195 Å². The summed E-state index contributed by atoms with van der Waals surface area (Å²) >= 11 is 0. The molecular formula is C26H33N3O4. The zero-order valence-electron chi connectivity index (χ0n) is 19.9. The Morgan fingerprint density at radius 1 is 1.00 bits per heavy atom. The van der Waals surface area contributed by atoms with E-state index in [9.17, 15) is 4.79 Å². The molecule has 0 bridgehead atoms. The predicted molar refractivity (Wildman–Crippen MR) is 130 cm³/mol. The maximum absolute atomic E-state index is 13.7. The lowest BCUT2D eigenvalue weighted by Gasteiger charge is -2.25. The molecule has 7 heteroatoms. The van der Waals surface area contributed by atoms with Crippen molar-refractivity contribution in [3.8, 4) is 17.0 Å². The summed E-state index contributed by atoms with van der Waals surface area (Å²) in [5, 5.41) is 4.41. The van der Waals surface area contributed by atoms with Gasteiger partial charge in [0.2, 0.25) is 5.88 Å². The lowest BCUT2D eigenvalue weighted by Crippen LogP contribution is -2.33. The van der Waals surface area contributed by atoms with E-state index < -0.39 is 0 Å². The van der Waals surface area contributed by atoms with E-state index in [2.05, 4.69) is 23.9 Å². The number of amides is 1. The quantitative estimate of drug-likeness (QED) is 0.366. The zero-order valence-corrected chi connectivity index (χ0v) is 19.9. The van der Waals surface area contributed by atoms with Crippen LogP contribution in [0.2, 0.25) is 0 Å². The predicted octanol–water partition coefficient (Wildman–Crippen LogP) is 4.88. The van der Waals surface area contributed by atoms with Gasteiger partial charge in [-0.15, -0.1) is 0 Å². The molecule has 1 amide bonds. The van der Waals surface area contributed by atoms with Crippen LogP contribution in [0, 0.1) is 0 Å². The number of carbonyl (C=O) groups is 1. The van der Waals surface area contributed by atoms with Gasteiger partial charge in [-0.25, -0.2) is 0 Å². The normalized spacial score (nSPS) is 10.8. The van der Waals surface area contributed by atoms with Crippen LogP contribution in [0.3, 0.4) is 0 Å². The molecule has 0 N–H and O–H groups in total. The Balaban J connectivity index is 2.04. The molecule has 0 radical (unpaired) electrons. The van der Waals surface area contributed by atoms with Crippen molar-refractivity contribution in [1.82, 2.24) is 10.1 Å². The summed E-state index contributed by atoms with van der Waals surface area (Å²) in [6, 6.07) is 17.2. The molecule has 0 fully saturated rings. The highest BCUT2D eigenvalue weighted by Gasteiger charge is 2.27. The lowest BCUT2D eigenvalue weighted by atomic mass is 10.1. The van der Waals surface area contributed by atoms with Gasteiger partial charge < -0.3 is 23.8 Å². The standard InChI is InChI=1S/C26H33N3O4/c1-5-28(6-2)26-22(24(27-33-26)20-13-8-7-9-14-20)19-29(17-12-18-31-3)25(30)21-15-10-11-16-23(21)32-4/h7-11,13-16H,5-6,12,17-19H2,1-4H3. The minimum Gasteiger partial charge on any atom is -0.496 e. The van der Waals surface area contributed by atoms with Gasteiger partial charge in [0.05, 0.1) is 24.8 Å². The van der Waals surface area contributed by atoms with Gasteiger partial charge in [-0.1, -0.05) is 47.6 Å². The number of anilines is 1. The van der Waals surface area contributed by atoms with Crippen LogP contribution in [-0.2, 0) is 11.3 Å². The number of para-hydroxylation sites is 1. The summed E-state index contributed by atoms with van der Waals surface area (Å²) in [5.41, 5.74) is 3.13. The van der Waals surface area contributed by atoms with Crippen molar-refractivity contribution in [2.24, 2.45) is 0 Å². The SMILES string of the molecule is CCN(CC)c1onc(-c2ccccc2)c1CN(CCCOC)C(=O)c1ccccc1OC. The fourth-order valence-electron chi connectivity index (χ4n) is 3.86. The maximum Gasteiger partial charge on any atom is 0.257 e. The first-order chi connectivity index (χ1) is 16.1. The van der Waals surface area contributed by atoms with Crippen LogP contribution in [0.1, 0.15) is 36.2 Å². The van der Waals surface area contributed by atoms with Gasteiger partial charge in [0.1, 0.15) is 11.4 Å². The minimum atomic E-state index is -0.103. The number of carbonyl (C=O) groups excluding carboxylic acids is 1. The smallest absolute Gasteiger partial charge is 0.257 e. The van der Waals surface area contributed by atoms with E-state index in [0.717, 1.165) is 29.9 Å². The molecule has 1 heterocycles. The molecule has 2 aromatic carbocycles. The Hall–Kier alpha value is -3.32. The zero-order chi connectivity index (χ0) is 23.6. The van der Waals surface area contributed by atoms with Crippen LogP contribution in [0.5, 0.6) is 5.75 Å². The summed E-state index contributed by atoms with van der Waals surface area (Å²) in [6.45, 7) is 7.16. The van der Waals surface area contributed by atoms with Gasteiger partial charge in [0, 0.05) is 38.9 Å². The fourth-order valence-corrected chi connectivity index (χ4v) is 3.86. The first kappa shape index (κ1) is 24.3. The molecule has 0 saturated heterocycles. The van der Waals surface area contributed by atoms with E-state index >= 15 is 0 Å². The second-order valence-corrected chi connectivity index (χ2v) is 7.63. The molecule has 0 aliphatic carbocycles. The molecule has 0 aliphatic heterocycles. The monoisotopic (exact) mass is 451 g/mol. The van der Waals surface area contributed by atoms with Gasteiger partial charge >= 0.3 is 0 Å². The van der Waals surface area contributed by atoms with E-state index in [1.807, 2.05) is 47.4 Å². The Morgan fingerprint density at radius 2 is 1.70 bits per heavy atom. The van der Waals surface area contributed by atoms with Crippen molar-refractivity contribution in [2.45, 2.75) is 26.8 Å². The van der Waals surface area contributed by atoms with Crippen molar-refractivity contribution in [1.29, 1.82) is 0 Å². The average Bonchev–Trinajstić information content (AvgIpc) is 3.27. The fraction of sp³-hybridized carbons (Fsp3) is 0.385. The van der Waals surface area contributed by atoms with E-state index in [1.54, 1.807) is 26.4 Å². The molecule has 0 atom stereocenters. The van der Waals surface area contributed by atoms with Crippen LogP contribution in [-0.4, -0.2) is 56.4 Å². The molecule has 0 unspecified atom stereocenters. The van der Waals surface area contributed by atoms with Gasteiger partial charge in [0.25, 0.3) is 5.91 Å². The first-order valence-corrected chi connectivity index (χ1v) is 11.3. The molecule has 0 aliphatic rings. The van der Waals surface area contributed by atoms with Gasteiger partial charge in [-0.2, -0.15) is 0 Å². The van der Waals surface area contributed by atoms with Crippen molar-refractivity contribution in [3.05, 3.63) is 65.7 Å². The summed E-state index contributed by atoms with van der Waals surface area (Å²) in [4.78, 5) is 17.6. The van der Waals surface area contributed by atoms with E-state index in [1.165, 1.54) is 0 Å². The number of nitrogens with zero attached hydrogens (tertiary/aromatic N) is 3. The van der Waals surface area contributed by atoms with Crippen LogP contribution in [0.4, 0.5) is 5.88 Å². The summed E-state index contributed by atoms with van der Waals surface area (Å²) in [7, 11) is 3.24. The molecule has 0 saturated carbocycles. The summed E-state index contributed by atoms with van der Waals surface area (Å²) in [6.07, 6.45) is 0.712. The van der Waals surface area contributed by atoms with Gasteiger partial charge in [0.15, 0.2) is 0 Å². The first-order valence-electron chi connectivity index (χ1n) is 11.3. The molecule has 176 valence electrons. The van der Waals surface area contributed by atoms with Crippen LogP contribution in [0.15, 0.2) is 59.1 Å². The highest BCUT2D eigenvalue weighted by atomic mass is 16.5. The highest BCUT2D eigenvalue weighted by molar-refractivity contribution is 5.97. The second kappa shape index (κ2) is 12.1. The number of ether oxygens (including phenoxy) is 2. The third-order valence-electron chi connectivity index (χ3n) is 5.62. The number of rotatable bonds is 12. The molecule has 0 spiro atoms. The average molecular weight is 452 g/mol. The van der Waals surface area contributed by atoms with Crippen molar-refractivity contribution in [2.75, 3.05) is 45.4 Å². The van der Waals surface area contributed by atoms with Crippen molar-refractivity contribution >= 4 is 11.8 Å². The van der Waals surface area contributed by atoms with Gasteiger partial charge in [-0.05, 0) is 32.4 Å². The summed E-state index contributed by atoms with van der Waals surface area (Å²) < 4.78 is 16.5. The van der Waals surface area contributed by atoms with Crippen molar-refractivity contribution < 1.29 is 18.8 Å². The number of hydrogen-bond acceptors (Lipinski definition) is 6. The van der Waals surface area contributed by atoms with E-state index in [4.69, 9.17) is 14.0 Å². The molecule has 7 nitrogen and oxygen atoms in total. The molecular weight excluding hydrogens is 418 g/mol. The van der Waals surface area contributed by atoms with Crippen LogP contribution < -0.4 is 9.64 Å². The third kappa shape index (κ3) is 5.73. The summed E-state index contributed by atoms with van der Waals surface area (Å²) in [5.74, 6) is 1.15. The Morgan fingerprint density at radius 3 is 2.36 bits per heavy atom. The maximum atomic E-state index is 13.7. The topological polar surface area (TPSA) is 68.0 Å².